The van der Waals surface area contributed by atoms with E-state index in [2.05, 4.69) is 15.5 Å². The van der Waals surface area contributed by atoms with Gasteiger partial charge in [-0.1, -0.05) is 12.1 Å². The van der Waals surface area contributed by atoms with Crippen molar-refractivity contribution in [3.05, 3.63) is 42.6 Å². The van der Waals surface area contributed by atoms with Gasteiger partial charge in [0.25, 0.3) is 6.47 Å². The Morgan fingerprint density at radius 3 is 2.44 bits per heavy atom. The minimum absolute atomic E-state index is 0.115. The van der Waals surface area contributed by atoms with Gasteiger partial charge in [-0.3, -0.25) is 9.59 Å². The zero-order chi connectivity index (χ0) is 19.8. The molecule has 0 fully saturated rings. The van der Waals surface area contributed by atoms with E-state index in [4.69, 9.17) is 19.4 Å². The van der Waals surface area contributed by atoms with Gasteiger partial charge < -0.3 is 19.9 Å². The molecule has 27 heavy (non-hydrogen) atoms. The van der Waals surface area contributed by atoms with Crippen molar-refractivity contribution in [2.75, 3.05) is 19.5 Å². The van der Waals surface area contributed by atoms with Crippen molar-refractivity contribution in [2.45, 2.75) is 6.92 Å². The fourth-order valence-electron chi connectivity index (χ4n) is 2.58. The molecule has 3 rings (SSSR count). The summed E-state index contributed by atoms with van der Waals surface area (Å²) in [6.45, 7) is 1.23. The Labute approximate surface area is 155 Å². The molecule has 0 radical (unpaired) electrons. The Morgan fingerprint density at radius 2 is 1.81 bits per heavy atom. The number of benzene rings is 2. The van der Waals surface area contributed by atoms with E-state index < -0.39 is 0 Å². The van der Waals surface area contributed by atoms with E-state index in [9.17, 15) is 4.79 Å². The molecule has 0 aliphatic heterocycles. The Morgan fingerprint density at radius 1 is 1.15 bits per heavy atom. The van der Waals surface area contributed by atoms with Crippen LogP contribution in [0.1, 0.15) is 6.92 Å². The highest BCUT2D eigenvalue weighted by Crippen LogP contribution is 2.36. The molecule has 1 amide bonds. The number of amides is 1. The number of nitrogens with zero attached hydrogens (tertiary/aromatic N) is 2. The normalized spacial score (nSPS) is 9.74. The van der Waals surface area contributed by atoms with Crippen LogP contribution in [0.4, 0.5) is 5.69 Å². The lowest BCUT2D eigenvalue weighted by molar-refractivity contribution is -0.123. The second-order valence-electron chi connectivity index (χ2n) is 5.35. The summed E-state index contributed by atoms with van der Waals surface area (Å²) in [5.41, 5.74) is 3.25. The molecule has 0 bridgehead atoms. The number of aromatic nitrogens is 2. The highest BCUT2D eigenvalue weighted by molar-refractivity contribution is 5.97. The van der Waals surface area contributed by atoms with Gasteiger partial charge in [-0.15, -0.1) is 0 Å². The smallest absolute Gasteiger partial charge is 0.290 e. The first-order chi connectivity index (χ1) is 13.0. The molecule has 0 spiro atoms. The largest absolute Gasteiger partial charge is 0.493 e. The maximum atomic E-state index is 11.3. The van der Waals surface area contributed by atoms with Crippen molar-refractivity contribution in [3.8, 4) is 22.6 Å². The number of hydrogen-bond donors (Lipinski definition) is 2. The van der Waals surface area contributed by atoms with Crippen LogP contribution in [0.5, 0.6) is 11.5 Å². The molecule has 3 aromatic rings. The molecule has 8 nitrogen and oxygen atoms in total. The number of anilines is 1. The second-order valence-corrected chi connectivity index (χ2v) is 5.35. The predicted molar refractivity (Wildman–Crippen MR) is 101 cm³/mol. The average molecular weight is 369 g/mol. The average Bonchev–Trinajstić information content (AvgIpc) is 2.66. The minimum Gasteiger partial charge on any atom is -0.493 e. The summed E-state index contributed by atoms with van der Waals surface area (Å²) in [7, 11) is 3.17. The number of carbonyl (C=O) groups excluding carboxylic acids is 1. The first kappa shape index (κ1) is 19.6. The number of ether oxygens (including phenoxy) is 2. The van der Waals surface area contributed by atoms with E-state index in [0.717, 1.165) is 22.2 Å². The van der Waals surface area contributed by atoms with Gasteiger partial charge in [-0.2, -0.15) is 10.2 Å². The topological polar surface area (TPSA) is 111 Å². The molecule has 2 N–H and O–H groups in total. The zero-order valence-electron chi connectivity index (χ0n) is 15.1. The number of carbonyl (C=O) groups is 2. The van der Waals surface area contributed by atoms with Crippen LogP contribution in [0.15, 0.2) is 42.6 Å². The van der Waals surface area contributed by atoms with Crippen LogP contribution in [0.3, 0.4) is 0 Å². The van der Waals surface area contributed by atoms with Gasteiger partial charge in [0, 0.05) is 29.6 Å². The summed E-state index contributed by atoms with van der Waals surface area (Å²) >= 11 is 0. The van der Waals surface area contributed by atoms with Crippen LogP contribution >= 0.6 is 0 Å². The number of methoxy groups -OCH3 is 2. The van der Waals surface area contributed by atoms with Crippen molar-refractivity contribution >= 4 is 29.0 Å². The molecule has 8 heteroatoms. The van der Waals surface area contributed by atoms with Gasteiger partial charge in [0.05, 0.1) is 25.9 Å². The molecule has 0 unspecified atom stereocenters. The molecule has 0 saturated carbocycles. The lowest BCUT2D eigenvalue weighted by Gasteiger charge is -2.12. The molecule has 2 aromatic carbocycles. The van der Waals surface area contributed by atoms with Crippen molar-refractivity contribution in [1.29, 1.82) is 0 Å². The van der Waals surface area contributed by atoms with Crippen LogP contribution in [0, 0.1) is 0 Å². The van der Waals surface area contributed by atoms with Gasteiger partial charge in [-0.05, 0) is 23.8 Å². The van der Waals surface area contributed by atoms with Crippen LogP contribution in [-0.2, 0) is 9.59 Å². The molecule has 140 valence electrons. The number of fused-ring (bicyclic) bond motifs is 1. The SMILES string of the molecule is COc1cc2nncc(-c3cccc(NC(C)=O)c3)c2cc1OC.O=CO. The molecule has 0 saturated heterocycles. The van der Waals surface area contributed by atoms with Crippen molar-refractivity contribution in [3.63, 3.8) is 0 Å². The van der Waals surface area contributed by atoms with E-state index >= 15 is 0 Å². The van der Waals surface area contributed by atoms with Gasteiger partial charge in [0.2, 0.25) is 5.91 Å². The Hall–Kier alpha value is -3.68. The minimum atomic E-state index is -0.250. The van der Waals surface area contributed by atoms with E-state index in [1.165, 1.54) is 6.92 Å². The van der Waals surface area contributed by atoms with E-state index in [-0.39, 0.29) is 12.4 Å². The highest BCUT2D eigenvalue weighted by Gasteiger charge is 2.12. The number of carboxylic acid groups (broad SMARTS) is 1. The summed E-state index contributed by atoms with van der Waals surface area (Å²) in [6, 6.07) is 11.2. The van der Waals surface area contributed by atoms with Crippen molar-refractivity contribution in [2.24, 2.45) is 0 Å². The maximum Gasteiger partial charge on any atom is 0.290 e. The Balaban J connectivity index is 0.000000817. The highest BCUT2D eigenvalue weighted by atomic mass is 16.5. The third-order valence-electron chi connectivity index (χ3n) is 3.64. The number of rotatable bonds is 4. The number of hydrogen-bond acceptors (Lipinski definition) is 6. The molecular weight excluding hydrogens is 350 g/mol. The van der Waals surface area contributed by atoms with E-state index in [1.54, 1.807) is 26.5 Å². The second kappa shape index (κ2) is 9.14. The first-order valence-corrected chi connectivity index (χ1v) is 7.87. The summed E-state index contributed by atoms with van der Waals surface area (Å²) < 4.78 is 10.7. The predicted octanol–water partition coefficient (Wildman–Crippen LogP) is 2.97. The monoisotopic (exact) mass is 369 g/mol. The molecule has 0 aliphatic carbocycles. The lowest BCUT2D eigenvalue weighted by Crippen LogP contribution is -2.05. The zero-order valence-corrected chi connectivity index (χ0v) is 15.1. The third-order valence-corrected chi connectivity index (χ3v) is 3.64. The van der Waals surface area contributed by atoms with Crippen LogP contribution in [0.25, 0.3) is 22.0 Å². The third kappa shape index (κ3) is 4.69. The van der Waals surface area contributed by atoms with E-state index in [0.29, 0.717) is 17.0 Å². The van der Waals surface area contributed by atoms with Crippen molar-refractivity contribution in [1.82, 2.24) is 10.2 Å². The summed E-state index contributed by atoms with van der Waals surface area (Å²) in [5.74, 6) is 1.11. The van der Waals surface area contributed by atoms with Crippen molar-refractivity contribution < 1.29 is 24.2 Å². The maximum absolute atomic E-state index is 11.3. The van der Waals surface area contributed by atoms with Gasteiger partial charge >= 0.3 is 0 Å². The van der Waals surface area contributed by atoms with Crippen LogP contribution < -0.4 is 14.8 Å². The first-order valence-electron chi connectivity index (χ1n) is 7.87. The lowest BCUT2D eigenvalue weighted by atomic mass is 10.0. The van der Waals surface area contributed by atoms with Gasteiger partial charge in [0.1, 0.15) is 0 Å². The van der Waals surface area contributed by atoms with E-state index in [1.807, 2.05) is 30.3 Å². The summed E-state index contributed by atoms with van der Waals surface area (Å²) in [5, 5.41) is 18.8. The Kier molecular flexibility index (Phi) is 6.65. The summed E-state index contributed by atoms with van der Waals surface area (Å²) in [4.78, 5) is 19.6. The molecule has 1 aromatic heterocycles. The fraction of sp³-hybridized carbons (Fsp3) is 0.158. The van der Waals surface area contributed by atoms with Gasteiger partial charge in [-0.25, -0.2) is 0 Å². The van der Waals surface area contributed by atoms with Crippen LogP contribution in [0.2, 0.25) is 0 Å². The number of nitrogens with one attached hydrogen (secondary N) is 1. The standard InChI is InChI=1S/C18H17N3O3.CH2O2/c1-11(22)20-13-6-4-5-12(7-13)15-10-19-21-16-9-18(24-3)17(23-2)8-14(15)16;2-1-3/h4-10H,1-3H3,(H,20,22);1H,(H,2,3). The molecule has 1 heterocycles. The quantitative estimate of drug-likeness (QED) is 0.680. The Bertz CT molecular complexity index is 959. The molecular formula is C19H19N3O5. The van der Waals surface area contributed by atoms with Gasteiger partial charge in [0.15, 0.2) is 11.5 Å². The van der Waals surface area contributed by atoms with Crippen LogP contribution in [-0.4, -0.2) is 41.9 Å². The molecule has 0 aliphatic rings. The summed E-state index contributed by atoms with van der Waals surface area (Å²) in [6.07, 6.45) is 1.70. The molecule has 0 atom stereocenters. The fourth-order valence-corrected chi connectivity index (χ4v) is 2.58.